The van der Waals surface area contributed by atoms with Gasteiger partial charge in [-0.3, -0.25) is 4.79 Å². The summed E-state index contributed by atoms with van der Waals surface area (Å²) in [6, 6.07) is 3.23. The van der Waals surface area contributed by atoms with Crippen LogP contribution in [0.3, 0.4) is 0 Å². The van der Waals surface area contributed by atoms with E-state index in [1.165, 1.54) is 18.2 Å². The smallest absolute Gasteiger partial charge is 0.326 e. The van der Waals surface area contributed by atoms with Gasteiger partial charge in [0, 0.05) is 12.5 Å². The number of carboxylic acids is 1. The van der Waals surface area contributed by atoms with Crippen LogP contribution < -0.4 is 14.8 Å². The number of carbonyl (C=O) groups excluding carboxylic acids is 1. The van der Waals surface area contributed by atoms with Gasteiger partial charge in [-0.2, -0.15) is 0 Å². The Kier molecular flexibility index (Phi) is 5.89. The Morgan fingerprint density at radius 2 is 1.84 bits per heavy atom. The maximum absolute atomic E-state index is 12.4. The van der Waals surface area contributed by atoms with Crippen LogP contribution in [0.15, 0.2) is 23.1 Å². The summed E-state index contributed by atoms with van der Waals surface area (Å²) >= 11 is 0. The first kappa shape index (κ1) is 19.0. The second-order valence-electron chi connectivity index (χ2n) is 6.00. The summed E-state index contributed by atoms with van der Waals surface area (Å²) in [4.78, 5) is 23.0. The van der Waals surface area contributed by atoms with Gasteiger partial charge in [0.2, 0.25) is 5.91 Å². The van der Waals surface area contributed by atoms with Crippen molar-refractivity contribution in [3.05, 3.63) is 18.2 Å². The lowest BCUT2D eigenvalue weighted by atomic mass is 10.0. The van der Waals surface area contributed by atoms with Gasteiger partial charge in [-0.15, -0.1) is 0 Å². The van der Waals surface area contributed by atoms with Gasteiger partial charge in [0.15, 0.2) is 21.3 Å². The van der Waals surface area contributed by atoms with Crippen LogP contribution >= 0.6 is 0 Å². The highest BCUT2D eigenvalue weighted by atomic mass is 32.2. The molecule has 0 unspecified atom stereocenters. The molecule has 1 heterocycles. The lowest BCUT2D eigenvalue weighted by Gasteiger charge is -2.19. The first-order valence-corrected chi connectivity index (χ1v) is 9.50. The molecule has 0 saturated heterocycles. The van der Waals surface area contributed by atoms with Gasteiger partial charge >= 0.3 is 5.97 Å². The van der Waals surface area contributed by atoms with Crippen molar-refractivity contribution in [3.8, 4) is 11.5 Å². The van der Waals surface area contributed by atoms with Crippen molar-refractivity contribution in [1.82, 2.24) is 5.32 Å². The molecule has 138 valence electrons. The van der Waals surface area contributed by atoms with Gasteiger partial charge in [0.25, 0.3) is 0 Å². The third-order valence-corrected chi connectivity index (χ3v) is 5.43. The van der Waals surface area contributed by atoms with Gasteiger partial charge < -0.3 is 19.9 Å². The molecule has 0 saturated carbocycles. The largest absolute Gasteiger partial charge is 0.486 e. The molecule has 1 aliphatic heterocycles. The summed E-state index contributed by atoms with van der Waals surface area (Å²) in [7, 11) is -3.71. The quantitative estimate of drug-likeness (QED) is 0.729. The van der Waals surface area contributed by atoms with Crippen LogP contribution in [0, 0.1) is 5.92 Å². The zero-order valence-corrected chi connectivity index (χ0v) is 14.8. The Labute approximate surface area is 146 Å². The molecule has 2 N–H and O–H groups in total. The molecule has 1 atom stereocenters. The van der Waals surface area contributed by atoms with E-state index >= 15 is 0 Å². The van der Waals surface area contributed by atoms with Crippen LogP contribution in [0.1, 0.15) is 20.3 Å². The number of aliphatic carboxylic acids is 1. The number of ether oxygens (including phenoxy) is 2. The van der Waals surface area contributed by atoms with Crippen molar-refractivity contribution in [2.45, 2.75) is 31.2 Å². The average molecular weight is 371 g/mol. The number of rotatable bonds is 7. The molecule has 0 radical (unpaired) electrons. The van der Waals surface area contributed by atoms with Crippen LogP contribution in [0.4, 0.5) is 0 Å². The second-order valence-corrected chi connectivity index (χ2v) is 8.11. The van der Waals surface area contributed by atoms with Gasteiger partial charge in [-0.05, 0) is 18.1 Å². The molecule has 0 spiro atoms. The first-order chi connectivity index (χ1) is 11.7. The van der Waals surface area contributed by atoms with Gasteiger partial charge in [0.1, 0.15) is 19.3 Å². The van der Waals surface area contributed by atoms with E-state index in [0.29, 0.717) is 24.7 Å². The number of hydrogen-bond donors (Lipinski definition) is 2. The number of carboxylic acid groups (broad SMARTS) is 1. The minimum absolute atomic E-state index is 0.0307. The Hall–Kier alpha value is -2.29. The molecule has 0 aromatic heterocycles. The van der Waals surface area contributed by atoms with Gasteiger partial charge in [-0.25, -0.2) is 13.2 Å². The third kappa shape index (κ3) is 4.85. The number of amides is 1. The van der Waals surface area contributed by atoms with Crippen LogP contribution in [0.2, 0.25) is 0 Å². The summed E-state index contributed by atoms with van der Waals surface area (Å²) in [6.07, 6.45) is -0.326. The van der Waals surface area contributed by atoms with Gasteiger partial charge in [0.05, 0.1) is 10.6 Å². The van der Waals surface area contributed by atoms with Crippen LogP contribution in [0.5, 0.6) is 11.5 Å². The molecule has 25 heavy (non-hydrogen) atoms. The van der Waals surface area contributed by atoms with E-state index in [-0.39, 0.29) is 17.2 Å². The van der Waals surface area contributed by atoms with E-state index in [1.807, 2.05) is 0 Å². The summed E-state index contributed by atoms with van der Waals surface area (Å²) in [5.74, 6) is -1.69. The fourth-order valence-electron chi connectivity index (χ4n) is 2.32. The molecule has 0 aliphatic carbocycles. The first-order valence-electron chi connectivity index (χ1n) is 7.85. The highest BCUT2D eigenvalue weighted by Gasteiger charge is 2.25. The van der Waals surface area contributed by atoms with Crippen molar-refractivity contribution < 1.29 is 32.6 Å². The molecule has 2 rings (SSSR count). The number of benzene rings is 1. The van der Waals surface area contributed by atoms with E-state index < -0.39 is 33.5 Å². The van der Waals surface area contributed by atoms with Crippen molar-refractivity contribution in [2.24, 2.45) is 5.92 Å². The predicted molar refractivity (Wildman–Crippen MR) is 88.5 cm³/mol. The van der Waals surface area contributed by atoms with Crippen molar-refractivity contribution in [2.75, 3.05) is 19.0 Å². The minimum atomic E-state index is -3.71. The Balaban J connectivity index is 2.01. The molecular formula is C16H21NO7S. The monoisotopic (exact) mass is 371 g/mol. The second kappa shape index (κ2) is 7.73. The number of nitrogens with one attached hydrogen (secondary N) is 1. The summed E-state index contributed by atoms with van der Waals surface area (Å²) in [5, 5.41) is 11.4. The molecule has 1 aliphatic rings. The number of carbonyl (C=O) groups is 2. The zero-order valence-electron chi connectivity index (χ0n) is 14.0. The minimum Gasteiger partial charge on any atom is -0.486 e. The van der Waals surface area contributed by atoms with E-state index in [4.69, 9.17) is 14.6 Å². The van der Waals surface area contributed by atoms with Crippen LogP contribution in [-0.4, -0.2) is 50.4 Å². The fraction of sp³-hybridized carbons (Fsp3) is 0.500. The van der Waals surface area contributed by atoms with E-state index in [9.17, 15) is 18.0 Å². The lowest BCUT2D eigenvalue weighted by Crippen LogP contribution is -2.44. The zero-order chi connectivity index (χ0) is 18.6. The molecule has 1 amide bonds. The highest BCUT2D eigenvalue weighted by Crippen LogP contribution is 2.32. The Bertz CT molecular complexity index is 758. The van der Waals surface area contributed by atoms with E-state index in [1.54, 1.807) is 13.8 Å². The molecule has 9 heteroatoms. The molecule has 0 fully saturated rings. The maximum atomic E-state index is 12.4. The Morgan fingerprint density at radius 3 is 2.44 bits per heavy atom. The molecule has 0 bridgehead atoms. The fourth-order valence-corrected chi connectivity index (χ4v) is 3.57. The Morgan fingerprint density at radius 1 is 1.20 bits per heavy atom. The predicted octanol–water partition coefficient (Wildman–Crippen LogP) is 0.847. The van der Waals surface area contributed by atoms with Crippen LogP contribution in [-0.2, 0) is 19.4 Å². The number of hydrogen-bond acceptors (Lipinski definition) is 6. The average Bonchev–Trinajstić information content (AvgIpc) is 2.57. The molecule has 8 nitrogen and oxygen atoms in total. The van der Waals surface area contributed by atoms with E-state index in [0.717, 1.165) is 0 Å². The lowest BCUT2D eigenvalue weighted by molar-refractivity contribution is -0.143. The maximum Gasteiger partial charge on any atom is 0.326 e. The molecule has 1 aromatic rings. The topological polar surface area (TPSA) is 119 Å². The van der Waals surface area contributed by atoms with Crippen molar-refractivity contribution in [1.29, 1.82) is 0 Å². The number of sulfone groups is 1. The summed E-state index contributed by atoms with van der Waals surface area (Å²) in [6.45, 7) is 4.06. The summed E-state index contributed by atoms with van der Waals surface area (Å²) in [5.41, 5.74) is 0. The highest BCUT2D eigenvalue weighted by molar-refractivity contribution is 7.91. The normalized spacial score (nSPS) is 14.8. The summed E-state index contributed by atoms with van der Waals surface area (Å²) < 4.78 is 35.5. The molecular weight excluding hydrogens is 350 g/mol. The molecule has 1 aromatic carbocycles. The standard InChI is InChI=1S/C16H21NO7S/c1-10(2)15(16(19)20)17-14(18)5-8-25(21,22)11-3-4-12-13(9-11)24-7-6-23-12/h3-4,9-10,15H,5-8H2,1-2H3,(H,17,18)(H,19,20)/t15-/m0/s1. The van der Waals surface area contributed by atoms with Crippen molar-refractivity contribution >= 4 is 21.7 Å². The third-order valence-electron chi connectivity index (χ3n) is 3.72. The van der Waals surface area contributed by atoms with Crippen molar-refractivity contribution in [3.63, 3.8) is 0 Å². The SMILES string of the molecule is CC(C)[C@H](NC(=O)CCS(=O)(=O)c1ccc2c(c1)OCCO2)C(=O)O. The van der Waals surface area contributed by atoms with Crippen LogP contribution in [0.25, 0.3) is 0 Å². The number of fused-ring (bicyclic) bond motifs is 1. The van der Waals surface area contributed by atoms with E-state index in [2.05, 4.69) is 5.32 Å². The van der Waals surface area contributed by atoms with Gasteiger partial charge in [-0.1, -0.05) is 13.8 Å².